The van der Waals surface area contributed by atoms with Crippen LogP contribution in [-0.2, 0) is 4.79 Å². The normalized spacial score (nSPS) is 9.75. The smallest absolute Gasteiger partial charge is 0.254 e. The van der Waals surface area contributed by atoms with Gasteiger partial charge in [0.05, 0.1) is 0 Å². The molecule has 0 saturated carbocycles. The molecule has 16 heavy (non-hydrogen) atoms. The predicted molar refractivity (Wildman–Crippen MR) is 42.6 cm³/mol. The molecular weight excluding hydrogens is 232 g/mol. The molecule has 0 aromatic heterocycles. The summed E-state index contributed by atoms with van der Waals surface area (Å²) in [5.41, 5.74) is 1.44. The van der Waals surface area contributed by atoms with Crippen molar-refractivity contribution in [3.8, 4) is 0 Å². The minimum atomic E-state index is -2.01. The fourth-order valence-corrected chi connectivity index (χ4v) is 0.980. The van der Waals surface area contributed by atoms with Crippen molar-refractivity contribution in [3.05, 3.63) is 28.8 Å². The van der Waals surface area contributed by atoms with Crippen LogP contribution >= 0.6 is 0 Å². The van der Waals surface area contributed by atoms with Crippen LogP contribution in [0.15, 0.2) is 4.99 Å². The summed E-state index contributed by atoms with van der Waals surface area (Å²) in [4.78, 5) is 22.7. The average Bonchev–Trinajstić information content (AvgIpc) is 2.21. The van der Waals surface area contributed by atoms with Crippen LogP contribution in [0, 0.1) is 23.3 Å². The number of carbonyl (C=O) groups is 1. The van der Waals surface area contributed by atoms with Gasteiger partial charge in [-0.15, -0.1) is 0 Å². The fraction of sp³-hybridized carbons (Fsp3) is 0. The Morgan fingerprint density at radius 2 is 1.50 bits per heavy atom. The molecule has 0 heterocycles. The topological polar surface area (TPSA) is 72.5 Å². The van der Waals surface area contributed by atoms with E-state index in [0.717, 1.165) is 0 Å². The lowest BCUT2D eigenvalue weighted by atomic mass is 10.1. The Labute approximate surface area is 85.4 Å². The molecule has 84 valence electrons. The van der Waals surface area contributed by atoms with Crippen LogP contribution in [0.1, 0.15) is 10.4 Å². The first kappa shape index (κ1) is 11.9. The molecule has 1 aromatic carbocycles. The third-order valence-corrected chi connectivity index (χ3v) is 1.64. The molecule has 1 rings (SSSR count). The first-order valence-electron chi connectivity index (χ1n) is 3.65. The number of aliphatic imine (C=N–C) groups is 1. The molecule has 1 aromatic rings. The number of isocyanates is 1. The van der Waals surface area contributed by atoms with Gasteiger partial charge in [0.15, 0.2) is 29.0 Å². The number of hydrogen-bond acceptors (Lipinski definition) is 3. The van der Waals surface area contributed by atoms with Gasteiger partial charge in [-0.2, -0.15) is 4.99 Å². The van der Waals surface area contributed by atoms with E-state index in [1.54, 1.807) is 0 Å². The molecule has 0 atom stereocenters. The second kappa shape index (κ2) is 4.11. The maximum Gasteiger partial charge on any atom is 0.254 e. The Bertz CT molecular complexity index is 461. The third kappa shape index (κ3) is 1.66. The summed E-state index contributed by atoms with van der Waals surface area (Å²) in [6.45, 7) is 0. The predicted octanol–water partition coefficient (Wildman–Crippen LogP) is 1.31. The van der Waals surface area contributed by atoms with Crippen molar-refractivity contribution in [2.45, 2.75) is 0 Å². The lowest BCUT2D eigenvalue weighted by Crippen LogP contribution is -2.18. The zero-order valence-electron chi connectivity index (χ0n) is 7.35. The summed E-state index contributed by atoms with van der Waals surface area (Å²) in [5, 5.41) is 0. The summed E-state index contributed by atoms with van der Waals surface area (Å²) < 4.78 is 52.0. The van der Waals surface area contributed by atoms with Crippen molar-refractivity contribution in [1.29, 1.82) is 0 Å². The minimum Gasteiger partial charge on any atom is -0.365 e. The van der Waals surface area contributed by atoms with Crippen molar-refractivity contribution < 1.29 is 27.2 Å². The molecule has 1 amide bonds. The van der Waals surface area contributed by atoms with Crippen LogP contribution in [0.4, 0.5) is 23.2 Å². The molecule has 0 aliphatic rings. The van der Waals surface area contributed by atoms with Crippen molar-refractivity contribution in [2.24, 2.45) is 10.7 Å². The standard InChI is InChI=1S/C8H2F4N2O2/c9-3-2(8(13)16)4(10)6(12)7(5(3)11)14-1-15/h(H2,13,16). The zero-order chi connectivity index (χ0) is 12.5. The van der Waals surface area contributed by atoms with Gasteiger partial charge in [0.25, 0.3) is 5.91 Å². The summed E-state index contributed by atoms with van der Waals surface area (Å²) in [7, 11) is 0. The van der Waals surface area contributed by atoms with Gasteiger partial charge in [0.2, 0.25) is 6.08 Å². The van der Waals surface area contributed by atoms with Gasteiger partial charge in [-0.1, -0.05) is 0 Å². The fourth-order valence-electron chi connectivity index (χ4n) is 0.980. The second-order valence-corrected chi connectivity index (χ2v) is 2.55. The lowest BCUT2D eigenvalue weighted by molar-refractivity contribution is 0.0990. The van der Waals surface area contributed by atoms with Crippen LogP contribution < -0.4 is 5.73 Å². The number of carbonyl (C=O) groups excluding carboxylic acids is 2. The Morgan fingerprint density at radius 1 is 1.06 bits per heavy atom. The minimum absolute atomic E-state index is 0.714. The van der Waals surface area contributed by atoms with Gasteiger partial charge < -0.3 is 5.73 Å². The maximum absolute atomic E-state index is 13.0. The van der Waals surface area contributed by atoms with E-state index in [-0.39, 0.29) is 0 Å². The Hall–Kier alpha value is -2.21. The van der Waals surface area contributed by atoms with E-state index in [9.17, 15) is 27.2 Å². The number of amides is 1. The van der Waals surface area contributed by atoms with Crippen LogP contribution in [0.25, 0.3) is 0 Å². The van der Waals surface area contributed by atoms with Gasteiger partial charge in [-0.05, 0) is 0 Å². The van der Waals surface area contributed by atoms with Crippen molar-refractivity contribution in [2.75, 3.05) is 0 Å². The first-order valence-corrected chi connectivity index (χ1v) is 3.65. The molecule has 0 aliphatic carbocycles. The van der Waals surface area contributed by atoms with Gasteiger partial charge in [0.1, 0.15) is 5.56 Å². The SMILES string of the molecule is NC(=O)c1c(F)c(F)c(N=C=O)c(F)c1F. The maximum atomic E-state index is 13.0. The van der Waals surface area contributed by atoms with Crippen LogP contribution in [-0.4, -0.2) is 12.0 Å². The van der Waals surface area contributed by atoms with Crippen molar-refractivity contribution >= 4 is 17.7 Å². The third-order valence-electron chi connectivity index (χ3n) is 1.64. The molecule has 0 radical (unpaired) electrons. The molecule has 8 heteroatoms. The van der Waals surface area contributed by atoms with E-state index >= 15 is 0 Å². The zero-order valence-corrected chi connectivity index (χ0v) is 7.35. The second-order valence-electron chi connectivity index (χ2n) is 2.55. The Kier molecular flexibility index (Phi) is 3.05. The Balaban J connectivity index is 3.76. The molecule has 0 unspecified atom stereocenters. The van der Waals surface area contributed by atoms with Gasteiger partial charge in [-0.3, -0.25) is 4.79 Å². The molecule has 0 bridgehead atoms. The highest BCUT2D eigenvalue weighted by molar-refractivity contribution is 5.93. The summed E-state index contributed by atoms with van der Waals surface area (Å²) >= 11 is 0. The molecule has 0 fully saturated rings. The summed E-state index contributed by atoms with van der Waals surface area (Å²) in [5.74, 6) is -9.69. The van der Waals surface area contributed by atoms with Gasteiger partial charge >= 0.3 is 0 Å². The van der Waals surface area contributed by atoms with E-state index in [4.69, 9.17) is 0 Å². The highest BCUT2D eigenvalue weighted by Crippen LogP contribution is 2.29. The van der Waals surface area contributed by atoms with E-state index in [1.165, 1.54) is 0 Å². The van der Waals surface area contributed by atoms with Crippen LogP contribution in [0.2, 0.25) is 0 Å². The number of primary amides is 1. The number of rotatable bonds is 2. The quantitative estimate of drug-likeness (QED) is 0.362. The molecular formula is C8H2F4N2O2. The molecule has 0 spiro atoms. The molecule has 4 nitrogen and oxygen atoms in total. The summed E-state index contributed by atoms with van der Waals surface area (Å²) in [6, 6.07) is 0. The number of hydrogen-bond donors (Lipinski definition) is 1. The van der Waals surface area contributed by atoms with Crippen molar-refractivity contribution in [3.63, 3.8) is 0 Å². The monoisotopic (exact) mass is 234 g/mol. The van der Waals surface area contributed by atoms with Crippen molar-refractivity contribution in [1.82, 2.24) is 0 Å². The number of nitrogens with two attached hydrogens (primary N) is 1. The highest BCUT2D eigenvalue weighted by Gasteiger charge is 2.28. The summed E-state index contributed by atoms with van der Waals surface area (Å²) in [6.07, 6.45) is 0.714. The number of nitrogens with zero attached hydrogens (tertiary/aromatic N) is 1. The number of benzene rings is 1. The molecule has 0 saturated heterocycles. The van der Waals surface area contributed by atoms with Gasteiger partial charge in [0, 0.05) is 0 Å². The Morgan fingerprint density at radius 3 is 1.81 bits per heavy atom. The lowest BCUT2D eigenvalue weighted by Gasteiger charge is -2.05. The van der Waals surface area contributed by atoms with Crippen LogP contribution in [0.3, 0.4) is 0 Å². The van der Waals surface area contributed by atoms with E-state index in [1.807, 2.05) is 0 Å². The highest BCUT2D eigenvalue weighted by atomic mass is 19.2. The van der Waals surface area contributed by atoms with Gasteiger partial charge in [-0.25, -0.2) is 22.4 Å². The van der Waals surface area contributed by atoms with E-state index in [2.05, 4.69) is 10.7 Å². The number of halogens is 4. The first-order chi connectivity index (χ1) is 7.41. The molecule has 2 N–H and O–H groups in total. The van der Waals surface area contributed by atoms with E-state index in [0.29, 0.717) is 6.08 Å². The molecule has 0 aliphatic heterocycles. The van der Waals surface area contributed by atoms with E-state index < -0.39 is 40.4 Å². The average molecular weight is 234 g/mol. The largest absolute Gasteiger partial charge is 0.365 e. The van der Waals surface area contributed by atoms with Crippen LogP contribution in [0.5, 0.6) is 0 Å².